The fourth-order valence-corrected chi connectivity index (χ4v) is 1.27. The van der Waals surface area contributed by atoms with Crippen LogP contribution in [0.1, 0.15) is 26.5 Å². The van der Waals surface area contributed by atoms with Crippen molar-refractivity contribution in [1.29, 1.82) is 0 Å². The van der Waals surface area contributed by atoms with Crippen LogP contribution in [-0.2, 0) is 5.41 Å². The van der Waals surface area contributed by atoms with Crippen LogP contribution in [-0.4, -0.2) is 15.0 Å². The van der Waals surface area contributed by atoms with E-state index in [4.69, 9.17) is 5.73 Å². The molecule has 2 N–H and O–H groups in total. The average molecular weight is 202 g/mol. The third-order valence-corrected chi connectivity index (χ3v) is 2.20. The molecule has 0 atom stereocenters. The Morgan fingerprint density at radius 2 is 1.87 bits per heavy atom. The van der Waals surface area contributed by atoms with Crippen LogP contribution in [0.25, 0.3) is 11.2 Å². The maximum absolute atomic E-state index is 5.60. The van der Waals surface area contributed by atoms with Gasteiger partial charge < -0.3 is 5.73 Å². The maximum atomic E-state index is 5.60. The number of nitrogens with two attached hydrogens (primary N) is 1. The van der Waals surface area contributed by atoms with Crippen molar-refractivity contribution >= 4 is 17.0 Å². The standard InChI is InChI=1S/C11H14N4/c1-11(2,3)8-6-13-7-4-5-9(12)15-10(7)14-8/h4-6H,1-3H3,(H2,12,14,15). The highest BCUT2D eigenvalue weighted by Gasteiger charge is 2.16. The highest BCUT2D eigenvalue weighted by atomic mass is 15.0. The van der Waals surface area contributed by atoms with Crippen molar-refractivity contribution < 1.29 is 0 Å². The molecule has 0 aliphatic rings. The maximum Gasteiger partial charge on any atom is 0.180 e. The first-order chi connectivity index (χ1) is 6.97. The molecule has 78 valence electrons. The first-order valence-electron chi connectivity index (χ1n) is 4.86. The van der Waals surface area contributed by atoms with Crippen molar-refractivity contribution in [3.05, 3.63) is 24.0 Å². The van der Waals surface area contributed by atoms with E-state index in [-0.39, 0.29) is 5.41 Å². The van der Waals surface area contributed by atoms with Crippen molar-refractivity contribution in [2.75, 3.05) is 5.73 Å². The van der Waals surface area contributed by atoms with Gasteiger partial charge >= 0.3 is 0 Å². The van der Waals surface area contributed by atoms with Crippen LogP contribution in [0.4, 0.5) is 5.82 Å². The van der Waals surface area contributed by atoms with E-state index in [0.29, 0.717) is 11.5 Å². The van der Waals surface area contributed by atoms with Crippen LogP contribution >= 0.6 is 0 Å². The largest absolute Gasteiger partial charge is 0.384 e. The zero-order valence-corrected chi connectivity index (χ0v) is 9.15. The van der Waals surface area contributed by atoms with Crippen LogP contribution in [0.2, 0.25) is 0 Å². The molecule has 0 fully saturated rings. The number of rotatable bonds is 0. The molecule has 0 bridgehead atoms. The molecule has 2 aromatic rings. The molecule has 0 saturated heterocycles. The van der Waals surface area contributed by atoms with E-state index < -0.39 is 0 Å². The van der Waals surface area contributed by atoms with Gasteiger partial charge in [0.25, 0.3) is 0 Å². The molecule has 0 radical (unpaired) electrons. The third kappa shape index (κ3) is 1.88. The number of nitrogen functional groups attached to an aromatic ring is 1. The van der Waals surface area contributed by atoms with Gasteiger partial charge in [0.2, 0.25) is 0 Å². The molecule has 0 saturated carbocycles. The van der Waals surface area contributed by atoms with E-state index >= 15 is 0 Å². The normalized spacial score (nSPS) is 11.9. The smallest absolute Gasteiger partial charge is 0.180 e. The second kappa shape index (κ2) is 3.15. The number of hydrogen-bond donors (Lipinski definition) is 1. The minimum absolute atomic E-state index is 0.0204. The summed E-state index contributed by atoms with van der Waals surface area (Å²) in [5.74, 6) is 0.475. The number of hydrogen-bond acceptors (Lipinski definition) is 4. The van der Waals surface area contributed by atoms with E-state index in [1.807, 2.05) is 6.07 Å². The lowest BCUT2D eigenvalue weighted by Gasteiger charge is -2.16. The van der Waals surface area contributed by atoms with Gasteiger partial charge in [0.15, 0.2) is 5.65 Å². The summed E-state index contributed by atoms with van der Waals surface area (Å²) in [5.41, 5.74) is 7.90. The summed E-state index contributed by atoms with van der Waals surface area (Å²) in [6.45, 7) is 6.28. The van der Waals surface area contributed by atoms with Gasteiger partial charge in [0, 0.05) is 11.6 Å². The zero-order chi connectivity index (χ0) is 11.1. The number of pyridine rings is 1. The van der Waals surface area contributed by atoms with Crippen LogP contribution < -0.4 is 5.73 Å². The molecule has 0 aromatic carbocycles. The summed E-state index contributed by atoms with van der Waals surface area (Å²) >= 11 is 0. The number of anilines is 1. The Hall–Kier alpha value is -1.71. The van der Waals surface area contributed by atoms with Gasteiger partial charge in [-0.2, -0.15) is 0 Å². The molecular weight excluding hydrogens is 188 g/mol. The van der Waals surface area contributed by atoms with Gasteiger partial charge in [-0.05, 0) is 12.1 Å². The minimum Gasteiger partial charge on any atom is -0.384 e. The van der Waals surface area contributed by atoms with Crippen LogP contribution in [0.3, 0.4) is 0 Å². The van der Waals surface area contributed by atoms with E-state index in [2.05, 4.69) is 35.7 Å². The lowest BCUT2D eigenvalue weighted by molar-refractivity contribution is 0.568. The van der Waals surface area contributed by atoms with E-state index in [1.54, 1.807) is 12.3 Å². The summed E-state index contributed by atoms with van der Waals surface area (Å²) in [7, 11) is 0. The van der Waals surface area contributed by atoms with E-state index in [9.17, 15) is 0 Å². The Balaban J connectivity index is 2.64. The van der Waals surface area contributed by atoms with Gasteiger partial charge in [0.1, 0.15) is 11.3 Å². The summed E-state index contributed by atoms with van der Waals surface area (Å²) in [4.78, 5) is 12.9. The van der Waals surface area contributed by atoms with Crippen molar-refractivity contribution in [2.24, 2.45) is 0 Å². The van der Waals surface area contributed by atoms with Crippen molar-refractivity contribution in [2.45, 2.75) is 26.2 Å². The Bertz CT molecular complexity index is 499. The molecule has 2 aromatic heterocycles. The van der Waals surface area contributed by atoms with Crippen molar-refractivity contribution in [1.82, 2.24) is 15.0 Å². The Morgan fingerprint density at radius 1 is 1.13 bits per heavy atom. The molecule has 4 nitrogen and oxygen atoms in total. The molecule has 0 aliphatic carbocycles. The summed E-state index contributed by atoms with van der Waals surface area (Å²) in [6.07, 6.45) is 1.79. The number of nitrogens with zero attached hydrogens (tertiary/aromatic N) is 3. The summed E-state index contributed by atoms with van der Waals surface area (Å²) in [6, 6.07) is 3.56. The Morgan fingerprint density at radius 3 is 2.53 bits per heavy atom. The molecule has 2 rings (SSSR count). The zero-order valence-electron chi connectivity index (χ0n) is 9.15. The summed E-state index contributed by atoms with van der Waals surface area (Å²) < 4.78 is 0. The predicted molar refractivity (Wildman–Crippen MR) is 60.4 cm³/mol. The topological polar surface area (TPSA) is 64.7 Å². The lowest BCUT2D eigenvalue weighted by atomic mass is 9.93. The van der Waals surface area contributed by atoms with E-state index in [0.717, 1.165) is 11.2 Å². The van der Waals surface area contributed by atoms with Crippen LogP contribution in [0.5, 0.6) is 0 Å². The van der Waals surface area contributed by atoms with Gasteiger partial charge in [-0.1, -0.05) is 20.8 Å². The third-order valence-electron chi connectivity index (χ3n) is 2.20. The molecule has 0 amide bonds. The van der Waals surface area contributed by atoms with Gasteiger partial charge in [-0.15, -0.1) is 0 Å². The first kappa shape index (κ1) is 9.83. The molecule has 2 heterocycles. The minimum atomic E-state index is -0.0204. The number of fused-ring (bicyclic) bond motifs is 1. The van der Waals surface area contributed by atoms with Gasteiger partial charge in [-0.3, -0.25) is 4.98 Å². The summed E-state index contributed by atoms with van der Waals surface area (Å²) in [5, 5.41) is 0. The highest BCUT2D eigenvalue weighted by molar-refractivity contribution is 5.71. The Kier molecular flexibility index (Phi) is 2.07. The molecule has 0 spiro atoms. The number of aromatic nitrogens is 3. The monoisotopic (exact) mass is 202 g/mol. The van der Waals surface area contributed by atoms with Crippen LogP contribution in [0.15, 0.2) is 18.3 Å². The second-order valence-electron chi connectivity index (χ2n) is 4.58. The van der Waals surface area contributed by atoms with Gasteiger partial charge in [0.05, 0.1) is 5.69 Å². The SMILES string of the molecule is CC(C)(C)c1cnc2ccc(N)nc2n1. The van der Waals surface area contributed by atoms with Crippen LogP contribution in [0, 0.1) is 0 Å². The molecular formula is C11H14N4. The lowest BCUT2D eigenvalue weighted by Crippen LogP contribution is -2.14. The van der Waals surface area contributed by atoms with E-state index in [1.165, 1.54) is 0 Å². The molecule has 4 heteroatoms. The molecule has 0 aliphatic heterocycles. The first-order valence-corrected chi connectivity index (χ1v) is 4.86. The van der Waals surface area contributed by atoms with Crippen molar-refractivity contribution in [3.63, 3.8) is 0 Å². The Labute approximate surface area is 88.6 Å². The molecule has 15 heavy (non-hydrogen) atoms. The fourth-order valence-electron chi connectivity index (χ4n) is 1.27. The average Bonchev–Trinajstić information content (AvgIpc) is 2.15. The van der Waals surface area contributed by atoms with Crippen molar-refractivity contribution in [3.8, 4) is 0 Å². The molecule has 0 unspecified atom stereocenters. The quantitative estimate of drug-likeness (QED) is 0.708. The van der Waals surface area contributed by atoms with Gasteiger partial charge in [-0.25, -0.2) is 9.97 Å². The highest BCUT2D eigenvalue weighted by Crippen LogP contribution is 2.20. The predicted octanol–water partition coefficient (Wildman–Crippen LogP) is 1.90. The fraction of sp³-hybridized carbons (Fsp3) is 0.364. The second-order valence-corrected chi connectivity index (χ2v) is 4.58.